The molecule has 0 aliphatic heterocycles. The van der Waals surface area contributed by atoms with Crippen LogP contribution in [0.25, 0.3) is 0 Å². The summed E-state index contributed by atoms with van der Waals surface area (Å²) in [6.45, 7) is 0.227. The Morgan fingerprint density at radius 3 is 2.67 bits per heavy atom. The quantitative estimate of drug-likeness (QED) is 0.852. The second-order valence-electron chi connectivity index (χ2n) is 2.62. The van der Waals surface area contributed by atoms with E-state index >= 15 is 0 Å². The summed E-state index contributed by atoms with van der Waals surface area (Å²) in [5, 5.41) is 0. The van der Waals surface area contributed by atoms with Gasteiger partial charge in [0.25, 0.3) is 0 Å². The summed E-state index contributed by atoms with van der Waals surface area (Å²) >= 11 is 3.14. The van der Waals surface area contributed by atoms with Crippen LogP contribution in [-0.2, 0) is 11.3 Å². The van der Waals surface area contributed by atoms with Crippen molar-refractivity contribution < 1.29 is 13.9 Å². The van der Waals surface area contributed by atoms with Gasteiger partial charge in [0, 0.05) is 11.0 Å². The highest BCUT2D eigenvalue weighted by Gasteiger charge is 2.14. The first-order chi connectivity index (χ1) is 6.60. The van der Waals surface area contributed by atoms with Crippen molar-refractivity contribution in [3.8, 4) is 0 Å². The summed E-state index contributed by atoms with van der Waals surface area (Å²) in [6, 6.07) is 2.58. The van der Waals surface area contributed by atoms with Crippen LogP contribution in [0.1, 0.15) is 15.9 Å². The normalized spacial score (nSPS) is 9.33. The predicted molar refractivity (Wildman–Crippen MR) is 60.6 cm³/mol. The summed E-state index contributed by atoms with van der Waals surface area (Å²) in [6.07, 6.45) is 0. The van der Waals surface area contributed by atoms with Crippen LogP contribution < -0.4 is 5.73 Å². The van der Waals surface area contributed by atoms with Gasteiger partial charge in [-0.15, -0.1) is 12.4 Å². The Hall–Kier alpha value is -0.650. The van der Waals surface area contributed by atoms with Gasteiger partial charge in [-0.1, -0.05) is 15.9 Å². The molecule has 84 valence electrons. The van der Waals surface area contributed by atoms with Gasteiger partial charge in [0.15, 0.2) is 0 Å². The number of hydrogen-bond acceptors (Lipinski definition) is 3. The maximum atomic E-state index is 13.2. The van der Waals surface area contributed by atoms with Gasteiger partial charge in [0.2, 0.25) is 0 Å². The van der Waals surface area contributed by atoms with Crippen LogP contribution in [0.5, 0.6) is 0 Å². The average molecular weight is 299 g/mol. The van der Waals surface area contributed by atoms with Gasteiger partial charge < -0.3 is 10.5 Å². The van der Waals surface area contributed by atoms with Crippen molar-refractivity contribution in [1.29, 1.82) is 0 Å². The van der Waals surface area contributed by atoms with E-state index in [0.29, 0.717) is 10.0 Å². The van der Waals surface area contributed by atoms with Crippen molar-refractivity contribution in [2.75, 3.05) is 7.11 Å². The number of benzene rings is 1. The Kier molecular flexibility index (Phi) is 5.79. The van der Waals surface area contributed by atoms with Crippen LogP contribution in [0.4, 0.5) is 4.39 Å². The Balaban J connectivity index is 0.00000196. The summed E-state index contributed by atoms with van der Waals surface area (Å²) in [7, 11) is 1.20. The van der Waals surface area contributed by atoms with E-state index in [9.17, 15) is 9.18 Å². The number of rotatable bonds is 2. The monoisotopic (exact) mass is 297 g/mol. The molecular formula is C9H10BrClFNO2. The fraction of sp³-hybridized carbons (Fsp3) is 0.222. The maximum absolute atomic E-state index is 13.2. The van der Waals surface area contributed by atoms with Gasteiger partial charge in [0.05, 0.1) is 12.7 Å². The van der Waals surface area contributed by atoms with E-state index in [-0.39, 0.29) is 24.5 Å². The molecule has 0 aliphatic rings. The number of carbonyl (C=O) groups is 1. The molecule has 0 aliphatic carbocycles. The van der Waals surface area contributed by atoms with Gasteiger partial charge in [0.1, 0.15) is 5.82 Å². The molecule has 2 N–H and O–H groups in total. The molecule has 3 nitrogen and oxygen atoms in total. The van der Waals surface area contributed by atoms with Gasteiger partial charge in [-0.3, -0.25) is 0 Å². The lowest BCUT2D eigenvalue weighted by atomic mass is 10.1. The third-order valence-corrected chi connectivity index (χ3v) is 2.50. The smallest absolute Gasteiger partial charge is 0.340 e. The second-order valence-corrected chi connectivity index (χ2v) is 3.47. The lowest BCUT2D eigenvalue weighted by Crippen LogP contribution is -2.07. The van der Waals surface area contributed by atoms with Crippen molar-refractivity contribution >= 4 is 34.3 Å². The van der Waals surface area contributed by atoms with E-state index in [1.165, 1.54) is 19.2 Å². The number of halogens is 3. The Bertz CT molecular complexity index is 373. The maximum Gasteiger partial charge on any atom is 0.340 e. The minimum absolute atomic E-state index is 0. The van der Waals surface area contributed by atoms with Crippen LogP contribution in [0.2, 0.25) is 0 Å². The number of methoxy groups -OCH3 is 1. The molecule has 0 spiro atoms. The van der Waals surface area contributed by atoms with Crippen LogP contribution in [0.15, 0.2) is 16.6 Å². The Morgan fingerprint density at radius 2 is 2.20 bits per heavy atom. The summed E-state index contributed by atoms with van der Waals surface area (Å²) < 4.78 is 18.2. The SMILES string of the molecule is COC(=O)c1cc(CN)c(Br)cc1F.Cl. The van der Waals surface area contributed by atoms with Crippen LogP contribution in [0, 0.1) is 5.82 Å². The van der Waals surface area contributed by atoms with E-state index in [4.69, 9.17) is 5.73 Å². The third kappa shape index (κ3) is 3.15. The molecule has 1 aromatic rings. The summed E-state index contributed by atoms with van der Waals surface area (Å²) in [5.41, 5.74) is 5.96. The molecule has 0 fully saturated rings. The van der Waals surface area contributed by atoms with E-state index < -0.39 is 11.8 Å². The van der Waals surface area contributed by atoms with E-state index in [0.717, 1.165) is 0 Å². The standard InChI is InChI=1S/C9H9BrFNO2.ClH/c1-14-9(13)6-2-5(4-12)7(10)3-8(6)11;/h2-3H,4,12H2,1H3;1H. The van der Waals surface area contributed by atoms with E-state index in [1.54, 1.807) is 0 Å². The number of nitrogens with two attached hydrogens (primary N) is 1. The molecule has 15 heavy (non-hydrogen) atoms. The molecule has 0 heterocycles. The molecule has 0 unspecified atom stereocenters. The minimum Gasteiger partial charge on any atom is -0.465 e. The van der Waals surface area contributed by atoms with Crippen molar-refractivity contribution in [3.05, 3.63) is 33.5 Å². The molecule has 6 heteroatoms. The molecular weight excluding hydrogens is 288 g/mol. The van der Waals surface area contributed by atoms with Crippen molar-refractivity contribution in [1.82, 2.24) is 0 Å². The summed E-state index contributed by atoms with van der Waals surface area (Å²) in [4.78, 5) is 11.1. The number of carbonyl (C=O) groups excluding carboxylic acids is 1. The molecule has 1 aromatic carbocycles. The zero-order valence-corrected chi connectivity index (χ0v) is 10.3. The van der Waals surface area contributed by atoms with Crippen LogP contribution >= 0.6 is 28.3 Å². The minimum atomic E-state index is -0.704. The average Bonchev–Trinajstić information content (AvgIpc) is 2.17. The molecule has 0 radical (unpaired) electrons. The van der Waals surface area contributed by atoms with Gasteiger partial charge in [-0.2, -0.15) is 0 Å². The third-order valence-electron chi connectivity index (χ3n) is 1.76. The highest BCUT2D eigenvalue weighted by molar-refractivity contribution is 9.10. The first-order valence-corrected chi connectivity index (χ1v) is 4.65. The lowest BCUT2D eigenvalue weighted by molar-refractivity contribution is 0.0595. The zero-order valence-electron chi connectivity index (χ0n) is 7.92. The molecule has 0 saturated carbocycles. The molecule has 0 bridgehead atoms. The van der Waals surface area contributed by atoms with Crippen molar-refractivity contribution in [2.24, 2.45) is 5.73 Å². The van der Waals surface area contributed by atoms with Crippen LogP contribution in [-0.4, -0.2) is 13.1 Å². The zero-order chi connectivity index (χ0) is 10.7. The van der Waals surface area contributed by atoms with Gasteiger partial charge in [-0.25, -0.2) is 9.18 Å². The van der Waals surface area contributed by atoms with E-state index in [1.807, 2.05) is 0 Å². The first-order valence-electron chi connectivity index (χ1n) is 3.86. The highest BCUT2D eigenvalue weighted by atomic mass is 79.9. The molecule has 1 rings (SSSR count). The summed E-state index contributed by atoms with van der Waals surface area (Å²) in [5.74, 6) is -1.33. The molecule has 0 aromatic heterocycles. The van der Waals surface area contributed by atoms with Crippen molar-refractivity contribution in [2.45, 2.75) is 6.54 Å². The lowest BCUT2D eigenvalue weighted by Gasteiger charge is -2.05. The predicted octanol–water partition coefficient (Wildman–Crippen LogP) is 2.26. The van der Waals surface area contributed by atoms with E-state index in [2.05, 4.69) is 20.7 Å². The van der Waals surface area contributed by atoms with Gasteiger partial charge >= 0.3 is 5.97 Å². The van der Waals surface area contributed by atoms with Crippen molar-refractivity contribution in [3.63, 3.8) is 0 Å². The Labute approximate surface area is 101 Å². The fourth-order valence-corrected chi connectivity index (χ4v) is 1.49. The van der Waals surface area contributed by atoms with Crippen LogP contribution in [0.3, 0.4) is 0 Å². The largest absolute Gasteiger partial charge is 0.465 e. The number of hydrogen-bond donors (Lipinski definition) is 1. The number of esters is 1. The fourth-order valence-electron chi connectivity index (χ4n) is 1.02. The Morgan fingerprint density at radius 1 is 1.60 bits per heavy atom. The molecule has 0 amide bonds. The second kappa shape index (κ2) is 6.05. The number of ether oxygens (including phenoxy) is 1. The molecule has 0 saturated heterocycles. The first kappa shape index (κ1) is 14.3. The highest BCUT2D eigenvalue weighted by Crippen LogP contribution is 2.21. The topological polar surface area (TPSA) is 52.3 Å². The van der Waals surface area contributed by atoms with Gasteiger partial charge in [-0.05, 0) is 17.7 Å². The molecule has 0 atom stereocenters.